The Bertz CT molecular complexity index is 4600. The summed E-state index contributed by atoms with van der Waals surface area (Å²) < 4.78 is 0. The first-order valence-electron chi connectivity index (χ1n) is 36.2. The van der Waals surface area contributed by atoms with Crippen LogP contribution in [-0.2, 0) is 30.3 Å². The number of nitrogens with two attached hydrogens (primary N) is 1. The van der Waals surface area contributed by atoms with E-state index in [0.717, 1.165) is 0 Å². The SMILES string of the molecule is C[NH2+]C.Cc1ccc(P(c2ccc(C)cc2)c2ccc3ccccc3c2)cc1.Cc1ccc(P(c2ccc(C)cc2)c2ccc3ccccc3c2)cc1.Cc1ccc(P(c2ccc(C)cc2)c2ccc3ccccc3c2)cc1.Cc1ccc(P(c2ccc(C)cc2)c2ccc3ccccc3c2)cc1.[CH3-].[CH3-].[CH3-].[CH3-].[CH3-].[CH3-].[CH3-].[CH3-].[Cl].[Cl][Ru][Cl].[Cl][Ru][Cl]. The Labute approximate surface area is 755 Å². The van der Waals surface area contributed by atoms with Gasteiger partial charge in [-0.15, -0.1) is 0 Å². The van der Waals surface area contributed by atoms with E-state index in [1.807, 2.05) is 19.4 Å². The van der Waals surface area contributed by atoms with E-state index in [2.05, 4.69) is 419 Å². The Kier molecular flexibility index (Phi) is 52.2. The summed E-state index contributed by atoms with van der Waals surface area (Å²) in [7, 11) is 21.2. The first-order chi connectivity index (χ1) is 53.1. The molecular formula is C106H116Cl5NP4Ru2-7. The van der Waals surface area contributed by atoms with Gasteiger partial charge in [0.2, 0.25) is 0 Å². The van der Waals surface area contributed by atoms with Crippen molar-refractivity contribution in [2.24, 2.45) is 0 Å². The molecule has 0 aliphatic rings. The van der Waals surface area contributed by atoms with Crippen LogP contribution in [0, 0.1) is 115 Å². The van der Waals surface area contributed by atoms with Crippen molar-refractivity contribution in [3.63, 3.8) is 0 Å². The van der Waals surface area contributed by atoms with Crippen LogP contribution in [0.25, 0.3) is 43.1 Å². The Balaban J connectivity index is 0.000000741. The number of rotatable bonds is 12. The van der Waals surface area contributed by atoms with Gasteiger partial charge >= 0.3 is 69.1 Å². The van der Waals surface area contributed by atoms with Crippen LogP contribution in [0.4, 0.5) is 0 Å². The topological polar surface area (TPSA) is 16.6 Å². The number of benzene rings is 16. The third kappa shape index (κ3) is 31.4. The number of hydrogen-bond acceptors (Lipinski definition) is 0. The van der Waals surface area contributed by atoms with Crippen molar-refractivity contribution in [2.45, 2.75) is 55.4 Å². The molecule has 16 rings (SSSR count). The molecule has 0 atom stereocenters. The van der Waals surface area contributed by atoms with Crippen molar-refractivity contribution in [3.8, 4) is 0 Å². The fourth-order valence-electron chi connectivity index (χ4n) is 12.6. The molecule has 0 fully saturated rings. The standard InChI is InChI=1S/4C24H21P.C2H7N.8CH3.4ClH.Cl.2Ru/c4*1-18-7-12-22(13-8-18)25(23-14-9-19(2)10-15-23)24-16-11-20-5-3-4-6-21(20)17-24;1-3-2;;;;;;;;;;;;;;;/h4*3-17H,1-2H3;3H,1-2H3;8*1H3;4*1H;;;/q;;;;;8*-1;;;;;;2*+2/p-3. The molecule has 0 aliphatic heterocycles. The van der Waals surface area contributed by atoms with E-state index >= 15 is 0 Å². The average molecular weight is 1910 g/mol. The second-order valence-corrected chi connectivity index (χ2v) is 41.0. The van der Waals surface area contributed by atoms with E-state index in [-0.39, 0.29) is 102 Å². The molecule has 0 bridgehead atoms. The van der Waals surface area contributed by atoms with Gasteiger partial charge in [-0.25, -0.2) is 0 Å². The molecule has 0 unspecified atom stereocenters. The number of hydrogen-bond donors (Lipinski definition) is 1. The summed E-state index contributed by atoms with van der Waals surface area (Å²) in [5.74, 6) is 0. The van der Waals surface area contributed by atoms with Crippen molar-refractivity contribution in [2.75, 3.05) is 14.1 Å². The summed E-state index contributed by atoms with van der Waals surface area (Å²) in [6.07, 6.45) is 0. The molecule has 1 radical (unpaired) electrons. The Morgan fingerprint density at radius 2 is 0.280 bits per heavy atom. The Morgan fingerprint density at radius 1 is 0.178 bits per heavy atom. The zero-order valence-electron chi connectivity index (χ0n) is 71.6. The van der Waals surface area contributed by atoms with Crippen LogP contribution in [0.3, 0.4) is 0 Å². The van der Waals surface area contributed by atoms with E-state index < -0.39 is 31.7 Å². The minimum atomic E-state index is -0.544. The van der Waals surface area contributed by atoms with E-state index in [9.17, 15) is 0 Å². The number of aryl methyl sites for hydroxylation is 8. The molecule has 0 heterocycles. The van der Waals surface area contributed by atoms with Crippen LogP contribution in [0.15, 0.2) is 364 Å². The molecule has 16 aromatic carbocycles. The molecule has 623 valence electrons. The predicted molar refractivity (Wildman–Crippen MR) is 543 cm³/mol. The fourth-order valence-corrected chi connectivity index (χ4v) is 21.7. The normalized spacial score (nSPS) is 9.98. The van der Waals surface area contributed by atoms with E-state index in [1.165, 1.54) is 151 Å². The Morgan fingerprint density at radius 3 is 0.398 bits per heavy atom. The molecule has 0 spiro atoms. The molecule has 0 aliphatic carbocycles. The molecule has 118 heavy (non-hydrogen) atoms. The van der Waals surface area contributed by atoms with Crippen LogP contribution >= 0.6 is 82.9 Å². The van der Waals surface area contributed by atoms with Gasteiger partial charge in [0.05, 0.1) is 14.1 Å². The van der Waals surface area contributed by atoms with Gasteiger partial charge in [0.25, 0.3) is 0 Å². The molecular weight excluding hydrogens is 1790 g/mol. The quantitative estimate of drug-likeness (QED) is 0.0713. The van der Waals surface area contributed by atoms with Gasteiger partial charge in [0, 0.05) is 12.4 Å². The van der Waals surface area contributed by atoms with Gasteiger partial charge in [-0.2, -0.15) is 0 Å². The summed E-state index contributed by atoms with van der Waals surface area (Å²) >= 11 is -0.691. The molecule has 0 aromatic heterocycles. The summed E-state index contributed by atoms with van der Waals surface area (Å²) in [5.41, 5.74) is 10.5. The summed E-state index contributed by atoms with van der Waals surface area (Å²) in [6.45, 7) is 17.2. The summed E-state index contributed by atoms with van der Waals surface area (Å²) in [5, 5.41) is 29.3. The third-order valence-electron chi connectivity index (χ3n) is 18.3. The molecule has 0 amide bonds. The van der Waals surface area contributed by atoms with E-state index in [0.29, 0.717) is 0 Å². The van der Waals surface area contributed by atoms with Gasteiger partial charge in [-0.3, -0.25) is 0 Å². The molecule has 1 nitrogen and oxygen atoms in total. The van der Waals surface area contributed by atoms with Crippen LogP contribution in [0.2, 0.25) is 0 Å². The van der Waals surface area contributed by atoms with Gasteiger partial charge < -0.3 is 64.7 Å². The van der Waals surface area contributed by atoms with Gasteiger partial charge in [-0.1, -0.05) is 384 Å². The predicted octanol–water partition coefficient (Wildman–Crippen LogP) is 26.7. The minimum absolute atomic E-state index is 0. The maximum absolute atomic E-state index is 4.85. The van der Waals surface area contributed by atoms with Crippen LogP contribution in [0.5, 0.6) is 0 Å². The molecule has 0 saturated heterocycles. The molecule has 16 aromatic rings. The average Bonchev–Trinajstić information content (AvgIpc) is 0.810. The van der Waals surface area contributed by atoms with Crippen molar-refractivity contribution in [1.29, 1.82) is 0 Å². The third-order valence-corrected chi connectivity index (χ3v) is 28.0. The maximum atomic E-state index is 4.85. The zero-order valence-corrected chi connectivity index (χ0v) is 82.4. The fraction of sp³-hybridized carbons (Fsp3) is 0.0943. The molecule has 0 saturated carbocycles. The van der Waals surface area contributed by atoms with Crippen LogP contribution in [0.1, 0.15) is 44.5 Å². The van der Waals surface area contributed by atoms with Crippen LogP contribution in [-0.4, -0.2) is 14.1 Å². The second-order valence-electron chi connectivity index (χ2n) is 26.8. The van der Waals surface area contributed by atoms with E-state index in [1.54, 1.807) is 0 Å². The number of fused-ring (bicyclic) bond motifs is 4. The van der Waals surface area contributed by atoms with Crippen LogP contribution < -0.4 is 69.0 Å². The van der Waals surface area contributed by atoms with Crippen molar-refractivity contribution >= 4 is 190 Å². The first kappa shape index (κ1) is 109. The zero-order chi connectivity index (χ0) is 77.0. The Hall–Kier alpha value is -7.06. The van der Waals surface area contributed by atoms with Crippen molar-refractivity contribution in [1.82, 2.24) is 0 Å². The summed E-state index contributed by atoms with van der Waals surface area (Å²) in [6, 6.07) is 134. The monoisotopic (exact) mass is 1910 g/mol. The summed E-state index contributed by atoms with van der Waals surface area (Å²) in [4.78, 5) is 0. The second kappa shape index (κ2) is 56.5. The van der Waals surface area contributed by atoms with Gasteiger partial charge in [0.15, 0.2) is 0 Å². The molecule has 12 heteroatoms. The van der Waals surface area contributed by atoms with E-state index in [4.69, 9.17) is 38.8 Å². The number of halogens is 5. The van der Waals surface area contributed by atoms with Crippen molar-refractivity contribution < 1.29 is 35.6 Å². The molecule has 2 N–H and O–H groups in total. The number of quaternary nitrogens is 1. The first-order valence-corrected chi connectivity index (χ1v) is 50.5. The van der Waals surface area contributed by atoms with Crippen molar-refractivity contribution in [3.05, 3.63) is 468 Å². The van der Waals surface area contributed by atoms with Gasteiger partial charge in [-0.05, 0) is 218 Å². The van der Waals surface area contributed by atoms with Gasteiger partial charge in [0.1, 0.15) is 0 Å².